The lowest BCUT2D eigenvalue weighted by atomic mass is 9.76. The molecular weight excluding hydrogens is 210 g/mol. The summed E-state index contributed by atoms with van der Waals surface area (Å²) in [5.41, 5.74) is -0.00407. The molecule has 0 spiro atoms. The van der Waals surface area contributed by atoms with Crippen molar-refractivity contribution in [3.05, 3.63) is 0 Å². The molecule has 2 nitrogen and oxygen atoms in total. The van der Waals surface area contributed by atoms with Crippen molar-refractivity contribution < 1.29 is 4.74 Å². The molecule has 0 aromatic rings. The molecule has 1 saturated carbocycles. The Bertz CT molecular complexity index is 207. The first-order chi connectivity index (χ1) is 7.98. The van der Waals surface area contributed by atoms with E-state index in [1.54, 1.807) is 0 Å². The minimum absolute atomic E-state index is 0.00407. The van der Waals surface area contributed by atoms with E-state index in [0.717, 1.165) is 24.8 Å². The fourth-order valence-corrected chi connectivity index (χ4v) is 2.97. The molecule has 0 aromatic carbocycles. The Morgan fingerprint density at radius 3 is 2.29 bits per heavy atom. The lowest BCUT2D eigenvalue weighted by molar-refractivity contribution is -0.00113. The van der Waals surface area contributed by atoms with E-state index < -0.39 is 0 Å². The zero-order chi connectivity index (χ0) is 12.9. The second kappa shape index (κ2) is 6.75. The Labute approximate surface area is 108 Å². The Kier molecular flexibility index (Phi) is 5.94. The molecule has 0 amide bonds. The maximum absolute atomic E-state index is 5.59. The van der Waals surface area contributed by atoms with Crippen LogP contribution in [0.3, 0.4) is 0 Å². The smallest absolute Gasteiger partial charge is 0.0637 e. The summed E-state index contributed by atoms with van der Waals surface area (Å²) in [5.74, 6) is 1.78. The third kappa shape index (κ3) is 4.97. The van der Waals surface area contributed by atoms with Crippen molar-refractivity contribution in [2.75, 3.05) is 13.7 Å². The van der Waals surface area contributed by atoms with Crippen molar-refractivity contribution in [2.45, 2.75) is 71.4 Å². The van der Waals surface area contributed by atoms with Crippen LogP contribution in [-0.4, -0.2) is 25.3 Å². The highest BCUT2D eigenvalue weighted by Crippen LogP contribution is 2.33. The van der Waals surface area contributed by atoms with Gasteiger partial charge in [-0.2, -0.15) is 0 Å². The van der Waals surface area contributed by atoms with E-state index in [9.17, 15) is 0 Å². The molecule has 1 unspecified atom stereocenters. The predicted molar refractivity (Wildman–Crippen MR) is 74.3 cm³/mol. The van der Waals surface area contributed by atoms with Crippen LogP contribution in [0, 0.1) is 11.8 Å². The zero-order valence-corrected chi connectivity index (χ0v) is 12.4. The van der Waals surface area contributed by atoms with Crippen molar-refractivity contribution >= 4 is 0 Å². The monoisotopic (exact) mass is 241 g/mol. The summed E-state index contributed by atoms with van der Waals surface area (Å²) in [5, 5.41) is 3.68. The summed E-state index contributed by atoms with van der Waals surface area (Å²) in [4.78, 5) is 0. The molecule has 0 radical (unpaired) electrons. The number of hydrogen-bond donors (Lipinski definition) is 1. The van der Waals surface area contributed by atoms with Gasteiger partial charge in [0, 0.05) is 13.2 Å². The van der Waals surface area contributed by atoms with Crippen molar-refractivity contribution in [2.24, 2.45) is 11.8 Å². The molecule has 0 bridgehead atoms. The first-order valence-electron chi connectivity index (χ1n) is 7.27. The minimum Gasteiger partial charge on any atom is -0.379 e. The van der Waals surface area contributed by atoms with Gasteiger partial charge in [0.1, 0.15) is 0 Å². The molecule has 2 heteroatoms. The second-order valence-corrected chi connectivity index (χ2v) is 6.35. The van der Waals surface area contributed by atoms with Gasteiger partial charge in [-0.3, -0.25) is 0 Å². The lowest BCUT2D eigenvalue weighted by Crippen LogP contribution is -2.43. The molecular formula is C15H31NO. The van der Waals surface area contributed by atoms with E-state index >= 15 is 0 Å². The summed E-state index contributed by atoms with van der Waals surface area (Å²) in [7, 11) is 1.83. The molecule has 0 aliphatic heterocycles. The average Bonchev–Trinajstić information content (AvgIpc) is 2.29. The summed E-state index contributed by atoms with van der Waals surface area (Å²) >= 11 is 0. The Balaban J connectivity index is 2.53. The number of ether oxygens (including phenoxy) is 1. The van der Waals surface area contributed by atoms with Gasteiger partial charge in [-0.1, -0.05) is 26.7 Å². The Morgan fingerprint density at radius 2 is 1.82 bits per heavy atom. The number of hydrogen-bond acceptors (Lipinski definition) is 2. The summed E-state index contributed by atoms with van der Waals surface area (Å²) in [6.45, 7) is 10.1. The van der Waals surface area contributed by atoms with Crippen LogP contribution < -0.4 is 5.32 Å². The maximum atomic E-state index is 5.59. The molecule has 1 atom stereocenters. The number of rotatable bonds is 6. The predicted octanol–water partition coefficient (Wildman–Crippen LogP) is 3.61. The maximum Gasteiger partial charge on any atom is 0.0637 e. The van der Waals surface area contributed by atoms with E-state index in [2.05, 4.69) is 33.0 Å². The van der Waals surface area contributed by atoms with E-state index in [-0.39, 0.29) is 5.60 Å². The third-order valence-electron chi connectivity index (χ3n) is 4.36. The van der Waals surface area contributed by atoms with Gasteiger partial charge in [0.15, 0.2) is 0 Å². The molecule has 1 aliphatic carbocycles. The molecule has 1 aliphatic rings. The first kappa shape index (κ1) is 15.0. The van der Waals surface area contributed by atoms with Crippen molar-refractivity contribution in [1.82, 2.24) is 5.32 Å². The van der Waals surface area contributed by atoms with Gasteiger partial charge in [-0.15, -0.1) is 0 Å². The van der Waals surface area contributed by atoms with E-state index in [0.29, 0.717) is 6.04 Å². The highest BCUT2D eigenvalue weighted by atomic mass is 16.5. The van der Waals surface area contributed by atoms with Gasteiger partial charge in [0.25, 0.3) is 0 Å². The van der Waals surface area contributed by atoms with Crippen LogP contribution in [0.15, 0.2) is 0 Å². The fraction of sp³-hybridized carbons (Fsp3) is 1.00. The summed E-state index contributed by atoms with van der Waals surface area (Å²) in [6, 6.07) is 0.627. The normalized spacial score (nSPS) is 28.1. The van der Waals surface area contributed by atoms with Crippen molar-refractivity contribution in [1.29, 1.82) is 0 Å². The molecule has 0 aromatic heterocycles. The van der Waals surface area contributed by atoms with Gasteiger partial charge in [0.2, 0.25) is 0 Å². The number of methoxy groups -OCH3 is 1. The topological polar surface area (TPSA) is 21.3 Å². The average molecular weight is 241 g/mol. The van der Waals surface area contributed by atoms with Crippen LogP contribution in [0.5, 0.6) is 0 Å². The van der Waals surface area contributed by atoms with E-state index in [1.807, 2.05) is 7.11 Å². The standard InChI is InChI=1S/C15H31NO/c1-6-16-14(11-15(3,4)17-5)13-9-7-12(2)8-10-13/h12-14,16H,6-11H2,1-5H3. The molecule has 1 rings (SSSR count). The molecule has 0 saturated heterocycles. The van der Waals surface area contributed by atoms with Crippen LogP contribution in [0.1, 0.15) is 59.8 Å². The van der Waals surface area contributed by atoms with Crippen LogP contribution >= 0.6 is 0 Å². The first-order valence-corrected chi connectivity index (χ1v) is 7.27. The number of nitrogens with one attached hydrogen (secondary N) is 1. The Hall–Kier alpha value is -0.0800. The van der Waals surface area contributed by atoms with Crippen LogP contribution in [0.25, 0.3) is 0 Å². The summed E-state index contributed by atoms with van der Waals surface area (Å²) in [6.07, 6.45) is 6.70. The molecule has 1 N–H and O–H groups in total. The highest BCUT2D eigenvalue weighted by Gasteiger charge is 2.30. The SMILES string of the molecule is CCNC(CC(C)(C)OC)C1CCC(C)CC1. The van der Waals surface area contributed by atoms with Gasteiger partial charge in [0.05, 0.1) is 5.60 Å². The quantitative estimate of drug-likeness (QED) is 0.767. The van der Waals surface area contributed by atoms with Crippen LogP contribution in [-0.2, 0) is 4.74 Å². The highest BCUT2D eigenvalue weighted by molar-refractivity contribution is 4.86. The van der Waals surface area contributed by atoms with Gasteiger partial charge in [-0.05, 0) is 51.5 Å². The second-order valence-electron chi connectivity index (χ2n) is 6.35. The third-order valence-corrected chi connectivity index (χ3v) is 4.36. The lowest BCUT2D eigenvalue weighted by Gasteiger charge is -2.37. The zero-order valence-electron chi connectivity index (χ0n) is 12.4. The van der Waals surface area contributed by atoms with E-state index in [4.69, 9.17) is 4.74 Å². The molecule has 17 heavy (non-hydrogen) atoms. The largest absolute Gasteiger partial charge is 0.379 e. The van der Waals surface area contributed by atoms with Crippen molar-refractivity contribution in [3.63, 3.8) is 0 Å². The van der Waals surface area contributed by atoms with Crippen molar-refractivity contribution in [3.8, 4) is 0 Å². The van der Waals surface area contributed by atoms with Gasteiger partial charge >= 0.3 is 0 Å². The minimum atomic E-state index is -0.00407. The Morgan fingerprint density at radius 1 is 1.24 bits per heavy atom. The fourth-order valence-electron chi connectivity index (χ4n) is 2.97. The van der Waals surface area contributed by atoms with Crippen LogP contribution in [0.4, 0.5) is 0 Å². The van der Waals surface area contributed by atoms with Gasteiger partial charge < -0.3 is 10.1 Å². The van der Waals surface area contributed by atoms with Gasteiger partial charge in [-0.25, -0.2) is 0 Å². The molecule has 0 heterocycles. The molecule has 102 valence electrons. The van der Waals surface area contributed by atoms with E-state index in [1.165, 1.54) is 25.7 Å². The summed E-state index contributed by atoms with van der Waals surface area (Å²) < 4.78 is 5.59. The van der Waals surface area contributed by atoms with Crippen LogP contribution in [0.2, 0.25) is 0 Å². The molecule has 1 fully saturated rings.